The maximum absolute atomic E-state index is 13.3. The molecule has 1 spiro atoms. The normalized spacial score (nSPS) is 18.5. The Morgan fingerprint density at radius 3 is 2.27 bits per heavy atom. The first kappa shape index (κ1) is 25.1. The Hall–Kier alpha value is -3.59. The van der Waals surface area contributed by atoms with Gasteiger partial charge in [0.2, 0.25) is 0 Å². The molecule has 0 saturated carbocycles. The van der Waals surface area contributed by atoms with Crippen LogP contribution in [0, 0.1) is 0 Å². The third-order valence-electron chi connectivity index (χ3n) is 7.33. The van der Waals surface area contributed by atoms with Crippen LogP contribution in [0.25, 0.3) is 11.1 Å². The molecule has 37 heavy (non-hydrogen) atoms. The van der Waals surface area contributed by atoms with Gasteiger partial charge in [0.25, 0.3) is 11.7 Å². The van der Waals surface area contributed by atoms with E-state index in [9.17, 15) is 27.9 Å². The summed E-state index contributed by atoms with van der Waals surface area (Å²) >= 11 is 0. The quantitative estimate of drug-likeness (QED) is 0.479. The molecule has 1 amide bonds. The molecular formula is C28H28F3N3O3. The molecule has 3 aromatic rings. The average Bonchev–Trinajstić information content (AvgIpc) is 3.26. The summed E-state index contributed by atoms with van der Waals surface area (Å²) in [7, 11) is 0. The van der Waals surface area contributed by atoms with Crippen molar-refractivity contribution in [2.24, 2.45) is 0 Å². The Bertz CT molecular complexity index is 1350. The molecule has 0 radical (unpaired) electrons. The maximum Gasteiger partial charge on any atom is 0.456 e. The van der Waals surface area contributed by atoms with Crippen molar-refractivity contribution in [2.75, 3.05) is 13.1 Å². The molecule has 0 aliphatic carbocycles. The third-order valence-corrected chi connectivity index (χ3v) is 7.33. The van der Waals surface area contributed by atoms with Crippen LogP contribution in [-0.4, -0.2) is 51.1 Å². The van der Waals surface area contributed by atoms with Gasteiger partial charge in [0.1, 0.15) is 5.75 Å². The third kappa shape index (κ3) is 4.52. The first-order chi connectivity index (χ1) is 17.4. The van der Waals surface area contributed by atoms with Crippen LogP contribution in [0.15, 0.2) is 60.7 Å². The molecule has 2 aliphatic heterocycles. The lowest BCUT2D eigenvalue weighted by molar-refractivity contribution is -0.0892. The number of hydrogen-bond acceptors (Lipinski definition) is 4. The molecular weight excluding hydrogens is 483 g/mol. The number of amides is 1. The van der Waals surface area contributed by atoms with Gasteiger partial charge in [-0.05, 0) is 62.6 Å². The number of ketones is 1. The second-order valence-electron chi connectivity index (χ2n) is 10.5. The summed E-state index contributed by atoms with van der Waals surface area (Å²) in [5.74, 6) is -2.05. The van der Waals surface area contributed by atoms with Gasteiger partial charge in [-0.15, -0.1) is 0 Å². The lowest BCUT2D eigenvalue weighted by Crippen LogP contribution is -2.63. The van der Waals surface area contributed by atoms with Crippen molar-refractivity contribution in [2.45, 2.75) is 50.5 Å². The summed E-state index contributed by atoms with van der Waals surface area (Å²) in [4.78, 5) is 27.0. The second kappa shape index (κ2) is 8.76. The van der Waals surface area contributed by atoms with Crippen LogP contribution in [-0.2, 0) is 12.1 Å². The van der Waals surface area contributed by atoms with Crippen LogP contribution < -0.4 is 5.32 Å². The van der Waals surface area contributed by atoms with Gasteiger partial charge >= 0.3 is 6.18 Å². The zero-order valence-electron chi connectivity index (χ0n) is 20.6. The van der Waals surface area contributed by atoms with Gasteiger partial charge < -0.3 is 14.6 Å². The molecule has 9 heteroatoms. The van der Waals surface area contributed by atoms with E-state index in [4.69, 9.17) is 0 Å². The minimum absolute atomic E-state index is 0.0147. The maximum atomic E-state index is 13.3. The van der Waals surface area contributed by atoms with E-state index in [0.717, 1.165) is 5.56 Å². The molecule has 1 fully saturated rings. The summed E-state index contributed by atoms with van der Waals surface area (Å²) in [6.45, 7) is 4.76. The number of hydrogen-bond donors (Lipinski definition) is 2. The monoisotopic (exact) mass is 511 g/mol. The van der Waals surface area contributed by atoms with Gasteiger partial charge in [0.15, 0.2) is 0 Å². The molecule has 2 aromatic carbocycles. The Kier molecular flexibility index (Phi) is 5.94. The Morgan fingerprint density at radius 2 is 1.65 bits per heavy atom. The van der Waals surface area contributed by atoms with E-state index in [0.29, 0.717) is 42.8 Å². The minimum Gasteiger partial charge on any atom is -0.507 e. The van der Waals surface area contributed by atoms with Gasteiger partial charge in [0, 0.05) is 42.0 Å². The molecule has 5 rings (SSSR count). The number of aromatic nitrogens is 1. The predicted octanol–water partition coefficient (Wildman–Crippen LogP) is 5.12. The Morgan fingerprint density at radius 1 is 0.973 bits per heavy atom. The molecule has 0 bridgehead atoms. The highest BCUT2D eigenvalue weighted by Crippen LogP contribution is 2.41. The van der Waals surface area contributed by atoms with Crippen molar-refractivity contribution < 1.29 is 27.9 Å². The fourth-order valence-electron chi connectivity index (χ4n) is 5.73. The molecule has 2 N–H and O–H groups in total. The lowest BCUT2D eigenvalue weighted by Gasteiger charge is -2.51. The number of aromatic hydroxyl groups is 1. The Labute approximate surface area is 212 Å². The SMILES string of the molecule is CC1(C)Cn2c(C(=O)C(F)(F)F)ccc2C2(CCN(C(=O)c3ccc(-c4ccccc4)c(O)c3)CC2)N1. The van der Waals surface area contributed by atoms with Crippen LogP contribution >= 0.6 is 0 Å². The number of benzene rings is 2. The number of halogens is 3. The Balaban J connectivity index is 1.37. The highest BCUT2D eigenvalue weighted by molar-refractivity contribution is 5.99. The number of piperidine rings is 1. The number of fused-ring (bicyclic) bond motifs is 2. The van der Waals surface area contributed by atoms with Crippen LogP contribution in [0.2, 0.25) is 0 Å². The molecule has 3 heterocycles. The van der Waals surface area contributed by atoms with Crippen LogP contribution in [0.3, 0.4) is 0 Å². The fourth-order valence-corrected chi connectivity index (χ4v) is 5.73. The molecule has 1 aromatic heterocycles. The number of carbonyl (C=O) groups is 2. The van der Waals surface area contributed by atoms with Crippen molar-refractivity contribution in [1.29, 1.82) is 0 Å². The predicted molar refractivity (Wildman–Crippen MR) is 132 cm³/mol. The van der Waals surface area contributed by atoms with Gasteiger partial charge in [-0.25, -0.2) is 0 Å². The zero-order valence-corrected chi connectivity index (χ0v) is 20.6. The second-order valence-corrected chi connectivity index (χ2v) is 10.5. The summed E-state index contributed by atoms with van der Waals surface area (Å²) in [5, 5.41) is 14.2. The first-order valence-electron chi connectivity index (χ1n) is 12.2. The van der Waals surface area contributed by atoms with E-state index in [1.807, 2.05) is 44.2 Å². The van der Waals surface area contributed by atoms with E-state index < -0.39 is 23.0 Å². The fraction of sp³-hybridized carbons (Fsp3) is 0.357. The van der Waals surface area contributed by atoms with E-state index in [1.54, 1.807) is 23.1 Å². The largest absolute Gasteiger partial charge is 0.507 e. The van der Waals surface area contributed by atoms with Crippen LogP contribution in [0.5, 0.6) is 5.75 Å². The summed E-state index contributed by atoms with van der Waals surface area (Å²) < 4.78 is 41.1. The summed E-state index contributed by atoms with van der Waals surface area (Å²) in [6.07, 6.45) is -4.01. The number of alkyl halides is 3. The van der Waals surface area contributed by atoms with E-state index in [2.05, 4.69) is 5.32 Å². The highest BCUT2D eigenvalue weighted by atomic mass is 19.4. The van der Waals surface area contributed by atoms with Crippen molar-refractivity contribution in [3.63, 3.8) is 0 Å². The standard InChI is InChI=1S/C28H28F3N3O3/c1-26(2)17-34-21(24(36)28(29,30)31)10-11-23(34)27(32-26)12-14-33(15-13-27)25(37)19-8-9-20(22(35)16-19)18-6-4-3-5-7-18/h3-11,16,32,35H,12-15,17H2,1-2H3. The summed E-state index contributed by atoms with van der Waals surface area (Å²) in [6, 6.07) is 17.1. The van der Waals surface area contributed by atoms with Crippen LogP contribution in [0.1, 0.15) is 53.2 Å². The van der Waals surface area contributed by atoms with Crippen molar-refractivity contribution in [1.82, 2.24) is 14.8 Å². The molecule has 1 saturated heterocycles. The number of nitrogens with zero attached hydrogens (tertiary/aromatic N) is 2. The van der Waals surface area contributed by atoms with Crippen molar-refractivity contribution >= 4 is 11.7 Å². The zero-order chi connectivity index (χ0) is 26.6. The molecule has 6 nitrogen and oxygen atoms in total. The van der Waals surface area contributed by atoms with Gasteiger partial charge in [-0.2, -0.15) is 13.2 Å². The van der Waals surface area contributed by atoms with Crippen LogP contribution in [0.4, 0.5) is 13.2 Å². The molecule has 2 aliphatic rings. The van der Waals surface area contributed by atoms with Gasteiger partial charge in [-0.3, -0.25) is 14.9 Å². The number of phenolic OH excluding ortho intramolecular Hbond substituents is 1. The van der Waals surface area contributed by atoms with E-state index in [1.165, 1.54) is 16.7 Å². The topological polar surface area (TPSA) is 74.6 Å². The number of phenols is 1. The summed E-state index contributed by atoms with van der Waals surface area (Å²) in [5.41, 5.74) is 0.899. The first-order valence-corrected chi connectivity index (χ1v) is 12.2. The lowest BCUT2D eigenvalue weighted by atomic mass is 9.79. The molecule has 0 atom stereocenters. The van der Waals surface area contributed by atoms with Gasteiger partial charge in [0.05, 0.1) is 11.2 Å². The number of Topliss-reactive ketones (excluding diaryl/α,β-unsaturated/α-hetero) is 1. The molecule has 194 valence electrons. The number of carbonyl (C=O) groups excluding carboxylic acids is 2. The number of rotatable bonds is 3. The number of likely N-dealkylation sites (tertiary alicyclic amines) is 1. The van der Waals surface area contributed by atoms with E-state index in [-0.39, 0.29) is 23.9 Å². The highest BCUT2D eigenvalue weighted by Gasteiger charge is 2.49. The molecule has 0 unspecified atom stereocenters. The van der Waals surface area contributed by atoms with Crippen molar-refractivity contribution in [3.8, 4) is 16.9 Å². The van der Waals surface area contributed by atoms with Gasteiger partial charge in [-0.1, -0.05) is 30.3 Å². The van der Waals surface area contributed by atoms with Crippen molar-refractivity contribution in [3.05, 3.63) is 77.6 Å². The number of nitrogens with one attached hydrogen (secondary N) is 1. The van der Waals surface area contributed by atoms with E-state index >= 15 is 0 Å². The average molecular weight is 512 g/mol. The smallest absolute Gasteiger partial charge is 0.456 e. The minimum atomic E-state index is -4.95.